The molecule has 1 saturated heterocycles. The van der Waals surface area contributed by atoms with Crippen LogP contribution < -0.4 is 5.73 Å². The summed E-state index contributed by atoms with van der Waals surface area (Å²) in [6.45, 7) is 19.4. The van der Waals surface area contributed by atoms with Crippen molar-refractivity contribution in [2.24, 2.45) is 62.4 Å². The van der Waals surface area contributed by atoms with Gasteiger partial charge in [0, 0.05) is 10.8 Å². The standard InChI is InChI=1S/C34H54N4O4/c1-20(2)21(3)30(5)13-14-32(7)23-9-10-26-31(6)16-41-17-34(26,24(23)11-12-33(32,8)27(30)29(39)40)15-25(28(31)42-22(4)35)38-19-36-18-37-38/h11,18-23,25-28H,9-10,12-17,35H2,1-8H3,(H,39,40)/t21-,22?,23+,25-,26+,27-,28+,30-,31-,32-,33+,34+/m1/s1. The number of rotatable bonds is 6. The molecule has 5 aliphatic rings. The Morgan fingerprint density at radius 2 is 1.86 bits per heavy atom. The first kappa shape index (κ1) is 30.3. The zero-order chi connectivity index (χ0) is 30.5. The summed E-state index contributed by atoms with van der Waals surface area (Å²) < 4.78 is 15.1. The highest BCUT2D eigenvalue weighted by Gasteiger charge is 2.72. The summed E-state index contributed by atoms with van der Waals surface area (Å²) in [6.07, 6.45) is 11.3. The molecule has 8 nitrogen and oxygen atoms in total. The van der Waals surface area contributed by atoms with Gasteiger partial charge in [0.15, 0.2) is 0 Å². The van der Waals surface area contributed by atoms with E-state index in [1.165, 1.54) is 5.57 Å². The third kappa shape index (κ3) is 3.86. The van der Waals surface area contributed by atoms with Gasteiger partial charge in [0.2, 0.25) is 0 Å². The van der Waals surface area contributed by atoms with Crippen LogP contribution in [-0.4, -0.2) is 51.4 Å². The Morgan fingerprint density at radius 3 is 2.48 bits per heavy atom. The summed E-state index contributed by atoms with van der Waals surface area (Å²) in [5, 5.41) is 15.6. The maximum absolute atomic E-state index is 13.3. The average Bonchev–Trinajstić information content (AvgIpc) is 3.45. The van der Waals surface area contributed by atoms with E-state index >= 15 is 0 Å². The predicted molar refractivity (Wildman–Crippen MR) is 161 cm³/mol. The molecule has 0 radical (unpaired) electrons. The fourth-order valence-corrected chi connectivity index (χ4v) is 11.7. The maximum atomic E-state index is 13.3. The van der Waals surface area contributed by atoms with Crippen molar-refractivity contribution in [3.05, 3.63) is 24.3 Å². The second kappa shape index (κ2) is 9.87. The van der Waals surface area contributed by atoms with E-state index in [0.717, 1.165) is 38.5 Å². The summed E-state index contributed by atoms with van der Waals surface area (Å²) in [4.78, 5) is 17.6. The Kier molecular flexibility index (Phi) is 7.11. The SMILES string of the molecule is CC(N)O[C@H]1[C@H](n2cncn2)C[C@@]23COC[C@]1(C)[C@@H]2CC[C@H]1C3=CC[C@@]2(C)[C@H](C(=O)O)[C@@](C)([C@H](C)C(C)C)CC[C@]12C. The van der Waals surface area contributed by atoms with Gasteiger partial charge in [-0.1, -0.05) is 60.1 Å². The van der Waals surface area contributed by atoms with E-state index in [4.69, 9.17) is 15.2 Å². The van der Waals surface area contributed by atoms with Gasteiger partial charge in [-0.3, -0.25) is 4.79 Å². The molecule has 6 rings (SSSR count). The lowest BCUT2D eigenvalue weighted by molar-refractivity contribution is -0.256. The number of hydrogen-bond acceptors (Lipinski definition) is 6. The Balaban J connectivity index is 1.47. The number of nitrogens with zero attached hydrogens (tertiary/aromatic N) is 3. The molecule has 1 aliphatic heterocycles. The van der Waals surface area contributed by atoms with Crippen LogP contribution in [-0.2, 0) is 14.3 Å². The van der Waals surface area contributed by atoms with Crippen LogP contribution in [0.1, 0.15) is 100.0 Å². The van der Waals surface area contributed by atoms with Crippen molar-refractivity contribution in [2.75, 3.05) is 13.2 Å². The summed E-state index contributed by atoms with van der Waals surface area (Å²) in [5.74, 6) is 0.504. The van der Waals surface area contributed by atoms with E-state index < -0.39 is 12.2 Å². The molecular weight excluding hydrogens is 528 g/mol. The summed E-state index contributed by atoms with van der Waals surface area (Å²) in [7, 11) is 0. The van der Waals surface area contributed by atoms with E-state index in [-0.39, 0.29) is 45.1 Å². The Morgan fingerprint density at radius 1 is 1.12 bits per heavy atom. The number of aliphatic carboxylic acids is 1. The smallest absolute Gasteiger partial charge is 0.307 e. The average molecular weight is 583 g/mol. The number of carboxylic acid groups (broad SMARTS) is 1. The monoisotopic (exact) mass is 582 g/mol. The van der Waals surface area contributed by atoms with Crippen LogP contribution in [0.15, 0.2) is 24.3 Å². The predicted octanol–water partition coefficient (Wildman–Crippen LogP) is 6.10. The molecule has 1 unspecified atom stereocenters. The largest absolute Gasteiger partial charge is 0.481 e. The van der Waals surface area contributed by atoms with Gasteiger partial charge in [0.25, 0.3) is 0 Å². The Hall–Kier alpha value is -1.77. The number of carbonyl (C=O) groups is 1. The molecule has 234 valence electrons. The van der Waals surface area contributed by atoms with Gasteiger partial charge in [-0.25, -0.2) is 9.67 Å². The van der Waals surface area contributed by atoms with Crippen molar-refractivity contribution in [1.82, 2.24) is 14.8 Å². The van der Waals surface area contributed by atoms with E-state index in [1.807, 2.05) is 17.9 Å². The number of aromatic nitrogens is 3. The second-order valence-corrected chi connectivity index (χ2v) is 16.3. The lowest BCUT2D eigenvalue weighted by Crippen LogP contribution is -2.69. The molecule has 3 saturated carbocycles. The van der Waals surface area contributed by atoms with E-state index in [9.17, 15) is 9.90 Å². The molecule has 1 aromatic rings. The first-order chi connectivity index (χ1) is 19.7. The van der Waals surface area contributed by atoms with E-state index in [2.05, 4.69) is 64.6 Å². The molecular formula is C34H54N4O4. The van der Waals surface area contributed by atoms with Gasteiger partial charge in [-0.2, -0.15) is 5.10 Å². The van der Waals surface area contributed by atoms with Crippen molar-refractivity contribution in [3.8, 4) is 0 Å². The van der Waals surface area contributed by atoms with Gasteiger partial charge < -0.3 is 20.3 Å². The second-order valence-electron chi connectivity index (χ2n) is 16.3. The number of carboxylic acids is 1. The summed E-state index contributed by atoms with van der Waals surface area (Å²) >= 11 is 0. The molecule has 2 bridgehead atoms. The Bertz CT molecular complexity index is 1230. The number of fused-ring (bicyclic) bond motifs is 3. The molecule has 0 aromatic carbocycles. The van der Waals surface area contributed by atoms with Gasteiger partial charge in [0.05, 0.1) is 31.3 Å². The van der Waals surface area contributed by atoms with Crippen molar-refractivity contribution in [2.45, 2.75) is 112 Å². The quantitative estimate of drug-likeness (QED) is 0.308. The van der Waals surface area contributed by atoms with Crippen molar-refractivity contribution < 1.29 is 19.4 Å². The Labute approximate surface area is 252 Å². The number of nitrogens with two attached hydrogens (primary N) is 1. The lowest BCUT2D eigenvalue weighted by Gasteiger charge is -2.71. The fourth-order valence-electron chi connectivity index (χ4n) is 11.7. The maximum Gasteiger partial charge on any atom is 0.307 e. The van der Waals surface area contributed by atoms with E-state index in [1.54, 1.807) is 6.33 Å². The van der Waals surface area contributed by atoms with Crippen LogP contribution in [0.3, 0.4) is 0 Å². The van der Waals surface area contributed by atoms with Crippen LogP contribution in [0, 0.1) is 56.7 Å². The highest BCUT2D eigenvalue weighted by molar-refractivity contribution is 5.73. The van der Waals surface area contributed by atoms with Crippen molar-refractivity contribution >= 4 is 5.97 Å². The molecule has 12 atom stereocenters. The number of allylic oxidation sites excluding steroid dienone is 1. The summed E-state index contributed by atoms with van der Waals surface area (Å²) in [6, 6.07) is -0.00211. The molecule has 4 fully saturated rings. The minimum Gasteiger partial charge on any atom is -0.481 e. The van der Waals surface area contributed by atoms with Crippen molar-refractivity contribution in [3.63, 3.8) is 0 Å². The van der Waals surface area contributed by atoms with Crippen molar-refractivity contribution in [1.29, 1.82) is 0 Å². The normalized spacial score (nSPS) is 48.0. The van der Waals surface area contributed by atoms with Gasteiger partial charge in [-0.05, 0) is 85.4 Å². The van der Waals surface area contributed by atoms with Gasteiger partial charge >= 0.3 is 5.97 Å². The molecule has 0 spiro atoms. The molecule has 3 N–H and O–H groups in total. The zero-order valence-electron chi connectivity index (χ0n) is 27.1. The fraction of sp³-hybridized carbons (Fsp3) is 0.853. The van der Waals surface area contributed by atoms with Crippen LogP contribution in [0.5, 0.6) is 0 Å². The molecule has 8 heteroatoms. The third-order valence-electron chi connectivity index (χ3n) is 14.2. The molecule has 42 heavy (non-hydrogen) atoms. The topological polar surface area (TPSA) is 112 Å². The van der Waals surface area contributed by atoms with Gasteiger partial charge in [0.1, 0.15) is 18.9 Å². The summed E-state index contributed by atoms with van der Waals surface area (Å²) in [5.41, 5.74) is 6.76. The first-order valence-corrected chi connectivity index (χ1v) is 16.4. The molecule has 1 aromatic heterocycles. The highest BCUT2D eigenvalue weighted by atomic mass is 16.5. The highest BCUT2D eigenvalue weighted by Crippen LogP contribution is 2.75. The van der Waals surface area contributed by atoms with Gasteiger partial charge in [-0.15, -0.1) is 0 Å². The van der Waals surface area contributed by atoms with Crippen LogP contribution >= 0.6 is 0 Å². The van der Waals surface area contributed by atoms with Crippen LogP contribution in [0.25, 0.3) is 0 Å². The number of hydrogen-bond donors (Lipinski definition) is 2. The molecule has 2 heterocycles. The first-order valence-electron chi connectivity index (χ1n) is 16.4. The third-order valence-corrected chi connectivity index (χ3v) is 14.2. The zero-order valence-corrected chi connectivity index (χ0v) is 27.1. The lowest BCUT2D eigenvalue weighted by atomic mass is 9.34. The van der Waals surface area contributed by atoms with E-state index in [0.29, 0.717) is 36.9 Å². The molecule has 4 aliphatic carbocycles. The molecule has 0 amide bonds. The van der Waals surface area contributed by atoms with Crippen LogP contribution in [0.2, 0.25) is 0 Å². The minimum atomic E-state index is -0.615. The van der Waals surface area contributed by atoms with Crippen LogP contribution in [0.4, 0.5) is 0 Å². The number of ether oxygens (including phenoxy) is 2. The minimum absolute atomic E-state index is 0.00211.